The summed E-state index contributed by atoms with van der Waals surface area (Å²) in [6.45, 7) is 15.6. The Labute approximate surface area is 257 Å². The molecular weight excluding hydrogens is 540 g/mol. The minimum absolute atomic E-state index is 0.0310. The molecule has 8 heteroatoms. The van der Waals surface area contributed by atoms with E-state index in [1.54, 1.807) is 0 Å². The van der Waals surface area contributed by atoms with E-state index in [1.165, 1.54) is 5.56 Å². The van der Waals surface area contributed by atoms with Gasteiger partial charge < -0.3 is 25.0 Å². The lowest BCUT2D eigenvalue weighted by Crippen LogP contribution is -2.50. The number of ether oxygens (including phenoxy) is 2. The van der Waals surface area contributed by atoms with Crippen molar-refractivity contribution >= 4 is 17.5 Å². The first-order chi connectivity index (χ1) is 20.8. The van der Waals surface area contributed by atoms with Gasteiger partial charge in [-0.05, 0) is 79.8 Å². The number of nitrogens with one attached hydrogen (secondary N) is 2. The molecule has 2 amide bonds. The van der Waals surface area contributed by atoms with E-state index < -0.39 is 0 Å². The van der Waals surface area contributed by atoms with Crippen LogP contribution in [0.4, 0.5) is 5.69 Å². The van der Waals surface area contributed by atoms with E-state index in [9.17, 15) is 9.59 Å². The molecule has 3 heterocycles. The number of amides is 2. The Kier molecular flexibility index (Phi) is 10.8. The second-order valence-electron chi connectivity index (χ2n) is 12.7. The van der Waals surface area contributed by atoms with Crippen molar-refractivity contribution in [2.24, 2.45) is 11.8 Å². The molecule has 0 bridgehead atoms. The second kappa shape index (κ2) is 14.7. The fourth-order valence-electron chi connectivity index (χ4n) is 6.94. The molecule has 5 rings (SSSR count). The van der Waals surface area contributed by atoms with E-state index in [-0.39, 0.29) is 29.7 Å². The van der Waals surface area contributed by atoms with E-state index in [0.29, 0.717) is 18.2 Å². The smallest absolute Gasteiger partial charge is 0.251 e. The molecule has 3 aliphatic rings. The van der Waals surface area contributed by atoms with Crippen LogP contribution in [0.15, 0.2) is 36.4 Å². The molecule has 0 spiro atoms. The van der Waals surface area contributed by atoms with Crippen molar-refractivity contribution in [3.63, 3.8) is 0 Å². The monoisotopic (exact) mass is 590 g/mol. The third kappa shape index (κ3) is 7.78. The number of anilines is 1. The van der Waals surface area contributed by atoms with Gasteiger partial charge in [0.15, 0.2) is 0 Å². The highest BCUT2D eigenvalue weighted by atomic mass is 16.5. The van der Waals surface area contributed by atoms with Crippen LogP contribution in [0.5, 0.6) is 0 Å². The number of rotatable bonds is 10. The van der Waals surface area contributed by atoms with E-state index in [4.69, 9.17) is 9.47 Å². The number of morpholine rings is 1. The summed E-state index contributed by atoms with van der Waals surface area (Å²) in [6.07, 6.45) is 3.90. The first-order valence-electron chi connectivity index (χ1n) is 16.3. The first-order valence-corrected chi connectivity index (χ1v) is 16.3. The number of nitrogens with zero attached hydrogens (tertiary/aromatic N) is 2. The standard InChI is InChI=1S/C35H50N4O4/c1-5-12-39(30-10-15-42-16-11-30)33-21-29(28-8-6-27(7-9-28)23-38-13-17-43-18-14-38)20-31(26(33)4)34(40)36-22-32-24(2)19-25(3)37-35(32)41/h6-9,20-21,24-25,30,32H,5,10-19,22-23H2,1-4H3,(H,36,40)(H,37,41). The summed E-state index contributed by atoms with van der Waals surface area (Å²) in [5.41, 5.74) is 6.19. The Morgan fingerprint density at radius 3 is 2.40 bits per heavy atom. The lowest BCUT2D eigenvalue weighted by atomic mass is 9.84. The lowest BCUT2D eigenvalue weighted by Gasteiger charge is -2.37. The summed E-state index contributed by atoms with van der Waals surface area (Å²) in [5.74, 6) is -0.0901. The predicted molar refractivity (Wildman–Crippen MR) is 171 cm³/mol. The van der Waals surface area contributed by atoms with Gasteiger partial charge in [-0.1, -0.05) is 38.1 Å². The van der Waals surface area contributed by atoms with Gasteiger partial charge in [0, 0.05) is 69.3 Å². The molecular formula is C35H50N4O4. The van der Waals surface area contributed by atoms with Crippen molar-refractivity contribution in [1.29, 1.82) is 0 Å². The number of piperidine rings is 1. The normalized spacial score (nSPS) is 23.5. The van der Waals surface area contributed by atoms with E-state index >= 15 is 0 Å². The number of carbonyl (C=O) groups is 2. The zero-order chi connectivity index (χ0) is 30.3. The van der Waals surface area contributed by atoms with Crippen molar-refractivity contribution in [2.75, 3.05) is 57.5 Å². The van der Waals surface area contributed by atoms with Gasteiger partial charge in [-0.2, -0.15) is 0 Å². The van der Waals surface area contributed by atoms with Crippen LogP contribution in [0, 0.1) is 18.8 Å². The van der Waals surface area contributed by atoms with Gasteiger partial charge >= 0.3 is 0 Å². The van der Waals surface area contributed by atoms with Gasteiger partial charge in [-0.25, -0.2) is 0 Å². The average molecular weight is 591 g/mol. The zero-order valence-corrected chi connectivity index (χ0v) is 26.5. The third-order valence-electron chi connectivity index (χ3n) is 9.45. The predicted octanol–water partition coefficient (Wildman–Crippen LogP) is 4.78. The van der Waals surface area contributed by atoms with E-state index in [0.717, 1.165) is 101 Å². The Hall–Kier alpha value is -2.94. The maximum Gasteiger partial charge on any atom is 0.251 e. The molecule has 3 fully saturated rings. The summed E-state index contributed by atoms with van der Waals surface area (Å²) in [6, 6.07) is 13.6. The molecule has 0 radical (unpaired) electrons. The summed E-state index contributed by atoms with van der Waals surface area (Å²) in [4.78, 5) is 31.5. The summed E-state index contributed by atoms with van der Waals surface area (Å²) >= 11 is 0. The molecule has 234 valence electrons. The van der Waals surface area contributed by atoms with Gasteiger partial charge in [0.05, 0.1) is 19.1 Å². The summed E-state index contributed by atoms with van der Waals surface area (Å²) in [7, 11) is 0. The maximum absolute atomic E-state index is 13.9. The van der Waals surface area contributed by atoms with E-state index in [1.807, 2.05) is 13.0 Å². The molecule has 8 nitrogen and oxygen atoms in total. The number of hydrogen-bond acceptors (Lipinski definition) is 6. The van der Waals surface area contributed by atoms with Crippen LogP contribution in [0.3, 0.4) is 0 Å². The highest BCUT2D eigenvalue weighted by Crippen LogP contribution is 2.34. The fraction of sp³-hybridized carbons (Fsp3) is 0.600. The molecule has 0 saturated carbocycles. The highest BCUT2D eigenvalue weighted by molar-refractivity contribution is 5.99. The maximum atomic E-state index is 13.9. The van der Waals surface area contributed by atoms with Crippen molar-refractivity contribution in [1.82, 2.24) is 15.5 Å². The molecule has 0 aromatic heterocycles. The minimum atomic E-state index is -0.221. The van der Waals surface area contributed by atoms with Gasteiger partial charge in [0.25, 0.3) is 5.91 Å². The Morgan fingerprint density at radius 1 is 1.02 bits per heavy atom. The third-order valence-corrected chi connectivity index (χ3v) is 9.45. The fourth-order valence-corrected chi connectivity index (χ4v) is 6.94. The molecule has 3 saturated heterocycles. The molecule has 3 aliphatic heterocycles. The quantitative estimate of drug-likeness (QED) is 0.415. The molecule has 2 N–H and O–H groups in total. The van der Waals surface area contributed by atoms with Gasteiger partial charge in [-0.15, -0.1) is 0 Å². The van der Waals surface area contributed by atoms with Crippen LogP contribution in [0.2, 0.25) is 0 Å². The molecule has 0 aliphatic carbocycles. The average Bonchev–Trinajstić information content (AvgIpc) is 3.01. The largest absolute Gasteiger partial charge is 0.381 e. The van der Waals surface area contributed by atoms with Crippen LogP contribution in [0.1, 0.15) is 67.9 Å². The number of benzene rings is 2. The number of carbonyl (C=O) groups excluding carboxylic acids is 2. The minimum Gasteiger partial charge on any atom is -0.381 e. The van der Waals surface area contributed by atoms with Crippen molar-refractivity contribution < 1.29 is 19.1 Å². The van der Waals surface area contributed by atoms with Crippen molar-refractivity contribution in [3.8, 4) is 11.1 Å². The lowest BCUT2D eigenvalue weighted by molar-refractivity contribution is -0.129. The van der Waals surface area contributed by atoms with Gasteiger partial charge in [-0.3, -0.25) is 14.5 Å². The van der Waals surface area contributed by atoms with Crippen LogP contribution >= 0.6 is 0 Å². The highest BCUT2D eigenvalue weighted by Gasteiger charge is 2.33. The molecule has 2 aromatic carbocycles. The van der Waals surface area contributed by atoms with Gasteiger partial charge in [0.1, 0.15) is 0 Å². The Morgan fingerprint density at radius 2 is 1.72 bits per heavy atom. The Bertz CT molecular complexity index is 1240. The molecule has 3 atom stereocenters. The van der Waals surface area contributed by atoms with E-state index in [2.05, 4.69) is 71.5 Å². The van der Waals surface area contributed by atoms with Crippen LogP contribution in [-0.2, 0) is 20.8 Å². The first kappa shape index (κ1) is 31.5. The Balaban J connectivity index is 1.44. The summed E-state index contributed by atoms with van der Waals surface area (Å²) < 4.78 is 11.2. The van der Waals surface area contributed by atoms with Gasteiger partial charge in [0.2, 0.25) is 5.91 Å². The topological polar surface area (TPSA) is 83.1 Å². The number of hydrogen-bond donors (Lipinski definition) is 2. The second-order valence-corrected chi connectivity index (χ2v) is 12.7. The summed E-state index contributed by atoms with van der Waals surface area (Å²) in [5, 5.41) is 6.20. The van der Waals surface area contributed by atoms with Crippen LogP contribution < -0.4 is 15.5 Å². The van der Waals surface area contributed by atoms with Crippen LogP contribution in [0.25, 0.3) is 11.1 Å². The SMILES string of the molecule is CCCN(c1cc(-c2ccc(CN3CCOCC3)cc2)cc(C(=O)NCC2C(=O)NC(C)CC2C)c1C)C1CCOCC1. The molecule has 43 heavy (non-hydrogen) atoms. The van der Waals surface area contributed by atoms with Crippen molar-refractivity contribution in [3.05, 3.63) is 53.1 Å². The zero-order valence-electron chi connectivity index (χ0n) is 26.5. The van der Waals surface area contributed by atoms with Crippen molar-refractivity contribution in [2.45, 2.75) is 72.0 Å². The van der Waals surface area contributed by atoms with Crippen LogP contribution in [-0.4, -0.2) is 81.4 Å². The molecule has 3 unspecified atom stereocenters. The molecule has 2 aromatic rings.